The second-order valence-corrected chi connectivity index (χ2v) is 8.72. The lowest BCUT2D eigenvalue weighted by Crippen LogP contribution is -2.33. The van der Waals surface area contributed by atoms with Crippen LogP contribution in [0.4, 0.5) is 5.69 Å². The van der Waals surface area contributed by atoms with E-state index >= 15 is 0 Å². The highest BCUT2D eigenvalue weighted by atomic mass is 16.5. The van der Waals surface area contributed by atoms with Gasteiger partial charge in [0.15, 0.2) is 0 Å². The average Bonchev–Trinajstić information content (AvgIpc) is 2.81. The molecule has 5 heteroatoms. The van der Waals surface area contributed by atoms with Crippen molar-refractivity contribution in [3.8, 4) is 11.8 Å². The number of nitriles is 1. The van der Waals surface area contributed by atoms with E-state index in [1.165, 1.54) is 6.42 Å². The highest BCUT2D eigenvalue weighted by molar-refractivity contribution is 6.06. The summed E-state index contributed by atoms with van der Waals surface area (Å²) in [4.78, 5) is 14.7. The molecule has 0 spiro atoms. The van der Waals surface area contributed by atoms with Crippen LogP contribution < -0.4 is 10.1 Å². The summed E-state index contributed by atoms with van der Waals surface area (Å²) in [6.45, 7) is 7.85. The number of ether oxygens (including phenoxy) is 1. The van der Waals surface area contributed by atoms with Gasteiger partial charge in [-0.05, 0) is 54.4 Å². The summed E-state index contributed by atoms with van der Waals surface area (Å²) < 4.78 is 5.11. The number of rotatable bonds is 4. The number of amides is 1. The number of hydrogen-bond acceptors (Lipinski definition) is 4. The van der Waals surface area contributed by atoms with E-state index in [2.05, 4.69) is 37.1 Å². The zero-order valence-corrected chi connectivity index (χ0v) is 16.0. The lowest BCUT2D eigenvalue weighted by molar-refractivity contribution is -0.112. The van der Waals surface area contributed by atoms with Crippen LogP contribution in [0, 0.1) is 22.2 Å². The van der Waals surface area contributed by atoms with E-state index in [0.717, 1.165) is 25.1 Å². The number of carbonyl (C=O) groups is 1. The molecule has 26 heavy (non-hydrogen) atoms. The molecule has 1 aromatic rings. The molecule has 138 valence electrons. The molecule has 2 aliphatic rings. The first-order valence-electron chi connectivity index (χ1n) is 9.07. The highest BCUT2D eigenvalue weighted by Gasteiger charge is 2.48. The van der Waals surface area contributed by atoms with E-state index in [0.29, 0.717) is 17.1 Å². The molecule has 1 aliphatic heterocycles. The largest absolute Gasteiger partial charge is 0.497 e. The highest BCUT2D eigenvalue weighted by Crippen LogP contribution is 2.52. The van der Waals surface area contributed by atoms with Crippen molar-refractivity contribution < 1.29 is 9.53 Å². The summed E-state index contributed by atoms with van der Waals surface area (Å²) in [6.07, 6.45) is 5.17. The van der Waals surface area contributed by atoms with Gasteiger partial charge in [0.2, 0.25) is 0 Å². The zero-order valence-electron chi connectivity index (χ0n) is 16.0. The number of carbonyl (C=O) groups excluding carboxylic acids is 1. The topological polar surface area (TPSA) is 65.4 Å². The van der Waals surface area contributed by atoms with Crippen LogP contribution in [0.2, 0.25) is 0 Å². The Bertz CT molecular complexity index is 760. The quantitative estimate of drug-likeness (QED) is 0.658. The van der Waals surface area contributed by atoms with Gasteiger partial charge in [-0.1, -0.05) is 20.8 Å². The molecule has 3 rings (SSSR count). The molecule has 0 radical (unpaired) electrons. The van der Waals surface area contributed by atoms with Gasteiger partial charge in [-0.2, -0.15) is 5.26 Å². The maximum Gasteiger partial charge on any atom is 0.267 e. The minimum Gasteiger partial charge on any atom is -0.497 e. The number of likely N-dealkylation sites (tertiary alicyclic amines) is 1. The lowest BCUT2D eigenvalue weighted by Gasteiger charge is -2.39. The molecular weight excluding hydrogens is 326 g/mol. The van der Waals surface area contributed by atoms with Crippen molar-refractivity contribution in [1.82, 2.24) is 4.90 Å². The predicted molar refractivity (Wildman–Crippen MR) is 102 cm³/mol. The zero-order chi connectivity index (χ0) is 18.9. The standard InChI is InChI=1S/C21H27N3O2/c1-20(2)9-17-10-21(3,13-20)14-24(17)12-15(11-22)19(25)23-16-5-7-18(26-4)8-6-16/h5-8,12,17H,9-10,13-14H2,1-4H3,(H,23,25)/b15-12-. The Morgan fingerprint density at radius 3 is 2.62 bits per heavy atom. The van der Waals surface area contributed by atoms with E-state index in [1.54, 1.807) is 37.6 Å². The average molecular weight is 353 g/mol. The van der Waals surface area contributed by atoms with E-state index in [-0.39, 0.29) is 16.9 Å². The molecule has 1 aromatic carbocycles. The summed E-state index contributed by atoms with van der Waals surface area (Å²) in [7, 11) is 1.60. The van der Waals surface area contributed by atoms with Crippen molar-refractivity contribution >= 4 is 11.6 Å². The van der Waals surface area contributed by atoms with E-state index in [4.69, 9.17) is 4.74 Å². The Morgan fingerprint density at radius 1 is 1.31 bits per heavy atom. The number of hydrogen-bond donors (Lipinski definition) is 1. The normalized spacial score (nSPS) is 27.0. The van der Waals surface area contributed by atoms with Gasteiger partial charge in [0.1, 0.15) is 17.4 Å². The SMILES string of the molecule is COc1ccc(NC(=O)/C(C#N)=C\N2CC3(C)CC2CC(C)(C)C3)cc1. The minimum atomic E-state index is -0.372. The fraction of sp³-hybridized carbons (Fsp3) is 0.524. The molecule has 2 bridgehead atoms. The van der Waals surface area contributed by atoms with Gasteiger partial charge >= 0.3 is 0 Å². The monoisotopic (exact) mass is 353 g/mol. The molecule has 2 unspecified atom stereocenters. The van der Waals surface area contributed by atoms with Gasteiger partial charge in [0.05, 0.1) is 7.11 Å². The molecule has 1 saturated heterocycles. The van der Waals surface area contributed by atoms with Gasteiger partial charge in [0, 0.05) is 24.5 Å². The van der Waals surface area contributed by atoms with E-state index in [1.807, 2.05) is 0 Å². The Labute approximate surface area is 155 Å². The molecule has 1 amide bonds. The molecule has 2 fully saturated rings. The van der Waals surface area contributed by atoms with Crippen LogP contribution in [0.25, 0.3) is 0 Å². The second-order valence-electron chi connectivity index (χ2n) is 8.72. The van der Waals surface area contributed by atoms with Crippen LogP contribution in [-0.4, -0.2) is 30.5 Å². The molecule has 0 aromatic heterocycles. The predicted octanol–water partition coefficient (Wildman–Crippen LogP) is 3.94. The van der Waals surface area contributed by atoms with Crippen molar-refractivity contribution in [2.45, 2.75) is 46.1 Å². The molecule has 5 nitrogen and oxygen atoms in total. The smallest absolute Gasteiger partial charge is 0.267 e. The molecular formula is C21H27N3O2. The number of fused-ring (bicyclic) bond motifs is 2. The Balaban J connectivity index is 1.74. The number of methoxy groups -OCH3 is 1. The van der Waals surface area contributed by atoms with Crippen LogP contribution in [0.3, 0.4) is 0 Å². The summed E-state index contributed by atoms with van der Waals surface area (Å²) in [5.74, 6) is 0.350. The van der Waals surface area contributed by atoms with Gasteiger partial charge < -0.3 is 15.0 Å². The Kier molecular flexibility index (Phi) is 4.70. The maximum absolute atomic E-state index is 12.5. The van der Waals surface area contributed by atoms with Crippen molar-refractivity contribution in [1.29, 1.82) is 5.26 Å². The first kappa shape index (κ1) is 18.3. The maximum atomic E-state index is 12.5. The second kappa shape index (κ2) is 6.68. The molecule has 1 aliphatic carbocycles. The van der Waals surface area contributed by atoms with Crippen molar-refractivity contribution in [2.75, 3.05) is 19.0 Å². The Morgan fingerprint density at radius 2 is 2.00 bits per heavy atom. The number of anilines is 1. The van der Waals surface area contributed by atoms with Crippen LogP contribution >= 0.6 is 0 Å². The van der Waals surface area contributed by atoms with Gasteiger partial charge in [-0.25, -0.2) is 0 Å². The van der Waals surface area contributed by atoms with Gasteiger partial charge in [0.25, 0.3) is 5.91 Å². The summed E-state index contributed by atoms with van der Waals surface area (Å²) in [5.41, 5.74) is 1.36. The third-order valence-corrected chi connectivity index (χ3v) is 5.46. The number of benzene rings is 1. The first-order chi connectivity index (χ1) is 12.2. The van der Waals surface area contributed by atoms with Crippen LogP contribution in [0.1, 0.15) is 40.0 Å². The van der Waals surface area contributed by atoms with E-state index in [9.17, 15) is 10.1 Å². The molecule has 1 N–H and O–H groups in total. The number of nitrogens with one attached hydrogen (secondary N) is 1. The summed E-state index contributed by atoms with van der Waals surface area (Å²) in [6, 6.07) is 9.55. The van der Waals surface area contributed by atoms with Crippen LogP contribution in [0.5, 0.6) is 5.75 Å². The van der Waals surface area contributed by atoms with Crippen molar-refractivity contribution in [3.63, 3.8) is 0 Å². The third kappa shape index (κ3) is 3.85. The fourth-order valence-electron chi connectivity index (χ4n) is 4.83. The van der Waals surface area contributed by atoms with E-state index < -0.39 is 0 Å². The van der Waals surface area contributed by atoms with Crippen molar-refractivity contribution in [2.24, 2.45) is 10.8 Å². The summed E-state index contributed by atoms with van der Waals surface area (Å²) in [5, 5.41) is 12.3. The van der Waals surface area contributed by atoms with Crippen molar-refractivity contribution in [3.05, 3.63) is 36.0 Å². The molecule has 1 saturated carbocycles. The van der Waals surface area contributed by atoms with Gasteiger partial charge in [-0.15, -0.1) is 0 Å². The fourth-order valence-corrected chi connectivity index (χ4v) is 4.83. The molecule has 2 atom stereocenters. The minimum absolute atomic E-state index is 0.148. The van der Waals surface area contributed by atoms with Crippen LogP contribution in [-0.2, 0) is 4.79 Å². The first-order valence-corrected chi connectivity index (χ1v) is 9.07. The molecule has 1 heterocycles. The third-order valence-electron chi connectivity index (χ3n) is 5.46. The lowest BCUT2D eigenvalue weighted by atomic mass is 9.65. The Hall–Kier alpha value is -2.48. The van der Waals surface area contributed by atoms with Gasteiger partial charge in [-0.3, -0.25) is 4.79 Å². The summed E-state index contributed by atoms with van der Waals surface area (Å²) >= 11 is 0. The number of nitrogens with zero attached hydrogens (tertiary/aromatic N) is 2. The van der Waals surface area contributed by atoms with Crippen LogP contribution in [0.15, 0.2) is 36.0 Å².